The van der Waals surface area contributed by atoms with Gasteiger partial charge in [0.15, 0.2) is 0 Å². The Bertz CT molecular complexity index is 463. The number of aliphatic carboxylic acids is 1. The molecule has 146 valence electrons. The minimum atomic E-state index is -0.835. The van der Waals surface area contributed by atoms with Gasteiger partial charge in [0.05, 0.1) is 6.42 Å². The summed E-state index contributed by atoms with van der Waals surface area (Å²) >= 11 is 0. The van der Waals surface area contributed by atoms with Crippen LogP contribution in [0, 0.1) is 0 Å². The molecule has 0 heterocycles. The van der Waals surface area contributed by atoms with E-state index in [2.05, 4.69) is 24.8 Å². The summed E-state index contributed by atoms with van der Waals surface area (Å²) in [6.07, 6.45) is 31.7. The number of rotatable bonds is 17. The van der Waals surface area contributed by atoms with Crippen LogP contribution in [-0.4, -0.2) is 11.1 Å². The van der Waals surface area contributed by atoms with Crippen LogP contribution in [0.15, 0.2) is 54.3 Å². The minimum absolute atomic E-state index is 0.0158. The number of hydrogen-bond acceptors (Lipinski definition) is 1. The highest BCUT2D eigenvalue weighted by atomic mass is 16.4. The lowest BCUT2D eigenvalue weighted by Gasteiger charge is -2.01. The molecule has 0 spiro atoms. The van der Waals surface area contributed by atoms with E-state index in [9.17, 15) is 4.79 Å². The number of carboxylic acids is 1. The quantitative estimate of drug-likeness (QED) is 0.166. The van der Waals surface area contributed by atoms with Gasteiger partial charge in [-0.25, -0.2) is 0 Å². The lowest BCUT2D eigenvalue weighted by atomic mass is 10.1. The normalized spacial score (nSPS) is 11.4. The third kappa shape index (κ3) is 22.2. The summed E-state index contributed by atoms with van der Waals surface area (Å²) in [5.41, 5.74) is 2.80. The monoisotopic (exact) mass is 358 g/mol. The van der Waals surface area contributed by atoms with Crippen LogP contribution in [0.4, 0.5) is 0 Å². The molecule has 26 heavy (non-hydrogen) atoms. The summed E-state index contributed by atoms with van der Waals surface area (Å²) < 4.78 is 0. The molecule has 0 aromatic rings. The number of carbonyl (C=O) groups is 1. The highest BCUT2D eigenvalue weighted by molar-refractivity contribution is 5.68. The van der Waals surface area contributed by atoms with Gasteiger partial charge in [-0.3, -0.25) is 4.79 Å². The molecule has 0 rings (SSSR count). The van der Waals surface area contributed by atoms with Crippen LogP contribution >= 0.6 is 0 Å². The van der Waals surface area contributed by atoms with Crippen molar-refractivity contribution in [2.24, 2.45) is 0 Å². The van der Waals surface area contributed by atoms with Crippen molar-refractivity contribution in [3.05, 3.63) is 54.3 Å². The van der Waals surface area contributed by atoms with Crippen LogP contribution in [0.2, 0.25) is 0 Å². The van der Waals surface area contributed by atoms with Gasteiger partial charge < -0.3 is 5.11 Å². The van der Waals surface area contributed by atoms with E-state index in [1.54, 1.807) is 6.08 Å². The summed E-state index contributed by atoms with van der Waals surface area (Å²) in [6, 6.07) is 0. The van der Waals surface area contributed by atoms with E-state index in [1.165, 1.54) is 76.7 Å². The maximum absolute atomic E-state index is 10.3. The SMILES string of the molecule is CCCCCCCCCCCCC/C=C/C=C/C=C/C=C=CCC(=O)O. The first-order chi connectivity index (χ1) is 12.8. The molecule has 0 unspecified atom stereocenters. The van der Waals surface area contributed by atoms with Crippen LogP contribution < -0.4 is 0 Å². The Morgan fingerprint density at radius 3 is 1.92 bits per heavy atom. The Morgan fingerprint density at radius 2 is 1.31 bits per heavy atom. The molecule has 0 fully saturated rings. The first-order valence-electron chi connectivity index (χ1n) is 10.4. The summed E-state index contributed by atoms with van der Waals surface area (Å²) in [6.45, 7) is 2.27. The Balaban J connectivity index is 3.40. The molecule has 2 heteroatoms. The second-order valence-electron chi connectivity index (χ2n) is 6.66. The van der Waals surface area contributed by atoms with Crippen molar-refractivity contribution >= 4 is 5.97 Å². The van der Waals surface area contributed by atoms with Gasteiger partial charge in [0.1, 0.15) is 0 Å². The Labute approximate surface area is 161 Å². The molecule has 0 aliphatic heterocycles. The number of carboxylic acid groups (broad SMARTS) is 1. The van der Waals surface area contributed by atoms with Gasteiger partial charge in [-0.05, 0) is 25.0 Å². The van der Waals surface area contributed by atoms with E-state index < -0.39 is 5.97 Å². The summed E-state index contributed by atoms with van der Waals surface area (Å²) in [7, 11) is 0. The third-order valence-corrected chi connectivity index (χ3v) is 4.14. The Kier molecular flexibility index (Phi) is 19.8. The van der Waals surface area contributed by atoms with Crippen molar-refractivity contribution in [3.8, 4) is 0 Å². The van der Waals surface area contributed by atoms with Gasteiger partial charge >= 0.3 is 5.97 Å². The van der Waals surface area contributed by atoms with Gasteiger partial charge in [0.2, 0.25) is 0 Å². The van der Waals surface area contributed by atoms with E-state index >= 15 is 0 Å². The average Bonchev–Trinajstić information content (AvgIpc) is 2.62. The first-order valence-corrected chi connectivity index (χ1v) is 10.4. The largest absolute Gasteiger partial charge is 0.481 e. The Morgan fingerprint density at radius 1 is 0.769 bits per heavy atom. The fourth-order valence-electron chi connectivity index (χ4n) is 2.62. The van der Waals surface area contributed by atoms with E-state index in [1.807, 2.05) is 24.3 Å². The fraction of sp³-hybridized carbons (Fsp3) is 0.583. The maximum Gasteiger partial charge on any atom is 0.307 e. The first kappa shape index (κ1) is 24.2. The smallest absolute Gasteiger partial charge is 0.307 e. The zero-order valence-corrected chi connectivity index (χ0v) is 16.7. The number of unbranched alkanes of at least 4 members (excludes halogenated alkanes) is 11. The fourth-order valence-corrected chi connectivity index (χ4v) is 2.62. The van der Waals surface area contributed by atoms with E-state index in [-0.39, 0.29) is 6.42 Å². The molecular formula is C24H38O2. The van der Waals surface area contributed by atoms with Crippen LogP contribution in [-0.2, 0) is 4.79 Å². The van der Waals surface area contributed by atoms with Gasteiger partial charge in [-0.1, -0.05) is 108 Å². The predicted octanol–water partition coefficient (Wildman–Crippen LogP) is 7.54. The molecule has 0 aromatic heterocycles. The molecule has 0 aliphatic rings. The van der Waals surface area contributed by atoms with Gasteiger partial charge in [-0.2, -0.15) is 0 Å². The van der Waals surface area contributed by atoms with Gasteiger partial charge in [0.25, 0.3) is 0 Å². The van der Waals surface area contributed by atoms with Gasteiger partial charge in [-0.15, -0.1) is 5.73 Å². The highest BCUT2D eigenvalue weighted by Crippen LogP contribution is 2.11. The van der Waals surface area contributed by atoms with Crippen LogP contribution in [0.5, 0.6) is 0 Å². The molecule has 2 nitrogen and oxygen atoms in total. The zero-order valence-electron chi connectivity index (χ0n) is 16.7. The van der Waals surface area contributed by atoms with Gasteiger partial charge in [0, 0.05) is 0 Å². The molecule has 0 aromatic carbocycles. The standard InChI is InChI=1S/C24H38O2/c1-2-3-4-5-6-7-8-9-10-11-12-13-14-15-16-17-18-19-20-21-22-23-24(25)26/h14-20,22H,2-13,23H2,1H3,(H,25,26)/b15-14+,17-16+,19-18+. The lowest BCUT2D eigenvalue weighted by Crippen LogP contribution is -1.88. The lowest BCUT2D eigenvalue weighted by molar-refractivity contribution is -0.135. The van der Waals surface area contributed by atoms with Crippen LogP contribution in [0.1, 0.15) is 90.4 Å². The van der Waals surface area contributed by atoms with Crippen LogP contribution in [0.25, 0.3) is 0 Å². The van der Waals surface area contributed by atoms with Crippen molar-refractivity contribution < 1.29 is 9.90 Å². The number of allylic oxidation sites excluding steroid dienone is 6. The zero-order chi connectivity index (χ0) is 19.1. The Hall–Kier alpha value is -1.79. The van der Waals surface area contributed by atoms with Crippen molar-refractivity contribution in [3.63, 3.8) is 0 Å². The second kappa shape index (κ2) is 21.3. The molecule has 0 radical (unpaired) electrons. The van der Waals surface area contributed by atoms with E-state index in [4.69, 9.17) is 5.11 Å². The van der Waals surface area contributed by atoms with Crippen LogP contribution in [0.3, 0.4) is 0 Å². The van der Waals surface area contributed by atoms with Crippen molar-refractivity contribution in [2.45, 2.75) is 90.4 Å². The topological polar surface area (TPSA) is 37.3 Å². The summed E-state index contributed by atoms with van der Waals surface area (Å²) in [5.74, 6) is -0.835. The molecule has 0 amide bonds. The molecular weight excluding hydrogens is 320 g/mol. The van der Waals surface area contributed by atoms with Crippen molar-refractivity contribution in [1.29, 1.82) is 0 Å². The third-order valence-electron chi connectivity index (χ3n) is 4.14. The van der Waals surface area contributed by atoms with E-state index in [0.29, 0.717) is 0 Å². The summed E-state index contributed by atoms with van der Waals surface area (Å²) in [5, 5.41) is 8.45. The predicted molar refractivity (Wildman–Crippen MR) is 113 cm³/mol. The second-order valence-corrected chi connectivity index (χ2v) is 6.66. The van der Waals surface area contributed by atoms with Crippen molar-refractivity contribution in [1.82, 2.24) is 0 Å². The van der Waals surface area contributed by atoms with Crippen molar-refractivity contribution in [2.75, 3.05) is 0 Å². The maximum atomic E-state index is 10.3. The molecule has 0 saturated heterocycles. The number of hydrogen-bond donors (Lipinski definition) is 1. The molecule has 1 N–H and O–H groups in total. The molecule has 0 saturated carbocycles. The summed E-state index contributed by atoms with van der Waals surface area (Å²) in [4.78, 5) is 10.3. The molecule has 0 bridgehead atoms. The minimum Gasteiger partial charge on any atom is -0.481 e. The highest BCUT2D eigenvalue weighted by Gasteiger charge is 1.92. The molecule has 0 aliphatic carbocycles. The average molecular weight is 359 g/mol. The van der Waals surface area contributed by atoms with E-state index in [0.717, 1.165) is 6.42 Å². The molecule has 0 atom stereocenters.